The van der Waals surface area contributed by atoms with E-state index in [1.807, 2.05) is 56.3 Å². The summed E-state index contributed by atoms with van der Waals surface area (Å²) in [7, 11) is 3.94. The highest BCUT2D eigenvalue weighted by Crippen LogP contribution is 2.40. The Bertz CT molecular complexity index is 1080. The predicted octanol–water partition coefficient (Wildman–Crippen LogP) is 5.17. The molecule has 1 saturated heterocycles. The summed E-state index contributed by atoms with van der Waals surface area (Å²) in [4.78, 5) is 29.9. The molecule has 1 heterocycles. The molecule has 0 bridgehead atoms. The van der Waals surface area contributed by atoms with E-state index >= 15 is 0 Å². The van der Waals surface area contributed by atoms with Gasteiger partial charge >= 0.3 is 0 Å². The highest BCUT2D eigenvalue weighted by Gasteiger charge is 2.45. The molecular weight excluding hydrogens is 496 g/mol. The lowest BCUT2D eigenvalue weighted by atomic mass is 9.94. The fraction of sp³-hybridized carbons (Fsp3) is 0.407. The van der Waals surface area contributed by atoms with Gasteiger partial charge < -0.3 is 19.6 Å². The summed E-state index contributed by atoms with van der Waals surface area (Å²) in [6.07, 6.45) is 0.716. The smallest absolute Gasteiger partial charge is 0.295 e. The molecule has 0 radical (unpaired) electrons. The molecule has 0 unspecified atom stereocenters. The van der Waals surface area contributed by atoms with E-state index in [9.17, 15) is 14.7 Å². The number of amides is 1. The number of rotatable bonds is 9. The molecule has 182 valence electrons. The van der Waals surface area contributed by atoms with Gasteiger partial charge in [0.05, 0.1) is 18.2 Å². The molecule has 2 aromatic rings. The molecule has 1 aliphatic rings. The van der Waals surface area contributed by atoms with E-state index < -0.39 is 17.7 Å². The zero-order chi connectivity index (χ0) is 25.0. The van der Waals surface area contributed by atoms with Crippen LogP contribution in [0.5, 0.6) is 5.75 Å². The lowest BCUT2D eigenvalue weighted by molar-refractivity contribution is -0.139. The van der Waals surface area contributed by atoms with Gasteiger partial charge in [-0.1, -0.05) is 41.9 Å². The predicted molar refractivity (Wildman–Crippen MR) is 138 cm³/mol. The molecule has 1 aliphatic heterocycles. The van der Waals surface area contributed by atoms with Crippen LogP contribution < -0.4 is 4.74 Å². The van der Waals surface area contributed by atoms with Gasteiger partial charge in [-0.3, -0.25) is 9.59 Å². The number of carbonyl (C=O) groups is 2. The number of nitrogens with zero attached hydrogens (tertiary/aromatic N) is 2. The Kier molecular flexibility index (Phi) is 8.55. The van der Waals surface area contributed by atoms with Gasteiger partial charge in [0.25, 0.3) is 11.7 Å². The number of ether oxygens (including phenoxy) is 1. The molecule has 0 aromatic heterocycles. The minimum Gasteiger partial charge on any atom is -0.507 e. The Hall–Kier alpha value is -2.64. The van der Waals surface area contributed by atoms with Crippen LogP contribution in [0.15, 0.2) is 52.5 Å². The molecule has 1 N–H and O–H groups in total. The number of hydrogen-bond donors (Lipinski definition) is 1. The molecule has 2 aromatic carbocycles. The first-order valence-corrected chi connectivity index (χ1v) is 12.3. The first kappa shape index (κ1) is 26.0. The van der Waals surface area contributed by atoms with Crippen LogP contribution >= 0.6 is 15.9 Å². The van der Waals surface area contributed by atoms with Crippen molar-refractivity contribution in [2.24, 2.45) is 5.92 Å². The maximum absolute atomic E-state index is 13.2. The fourth-order valence-corrected chi connectivity index (χ4v) is 4.32. The van der Waals surface area contributed by atoms with Crippen LogP contribution in [0.4, 0.5) is 0 Å². The summed E-state index contributed by atoms with van der Waals surface area (Å²) < 4.78 is 6.69. The largest absolute Gasteiger partial charge is 0.507 e. The monoisotopic (exact) mass is 528 g/mol. The number of likely N-dealkylation sites (tertiary alicyclic amines) is 1. The molecule has 0 spiro atoms. The van der Waals surface area contributed by atoms with Crippen molar-refractivity contribution in [3.05, 3.63) is 69.2 Å². The zero-order valence-electron chi connectivity index (χ0n) is 20.5. The van der Waals surface area contributed by atoms with Crippen molar-refractivity contribution in [1.82, 2.24) is 9.80 Å². The fourth-order valence-electron chi connectivity index (χ4n) is 4.06. The molecule has 1 atom stereocenters. The Morgan fingerprint density at radius 3 is 2.41 bits per heavy atom. The molecule has 6 nitrogen and oxygen atoms in total. The van der Waals surface area contributed by atoms with E-state index in [1.165, 1.54) is 0 Å². The minimum atomic E-state index is -0.658. The third-order valence-electron chi connectivity index (χ3n) is 5.77. The number of ketones is 1. The Morgan fingerprint density at radius 1 is 1.15 bits per heavy atom. The van der Waals surface area contributed by atoms with E-state index in [2.05, 4.69) is 29.8 Å². The number of Topliss-reactive ketones (excluding diaryl/α,β-unsaturated/α-hetero) is 1. The van der Waals surface area contributed by atoms with Crippen molar-refractivity contribution in [1.29, 1.82) is 0 Å². The third-order valence-corrected chi connectivity index (χ3v) is 6.30. The SMILES string of the molecule is Cc1cc(OCC(C)C)ccc1/C(O)=C1\C(=O)C(=O)N(CCCN(C)C)[C@@H]1c1ccc(Br)cc1. The molecule has 7 heteroatoms. The average molecular weight is 529 g/mol. The van der Waals surface area contributed by atoms with Gasteiger partial charge in [-0.05, 0) is 81.4 Å². The molecule has 34 heavy (non-hydrogen) atoms. The maximum Gasteiger partial charge on any atom is 0.295 e. The Balaban J connectivity index is 2.04. The summed E-state index contributed by atoms with van der Waals surface area (Å²) in [6, 6.07) is 12.2. The molecular formula is C27H33BrN2O4. The van der Waals surface area contributed by atoms with E-state index in [4.69, 9.17) is 4.74 Å². The van der Waals surface area contributed by atoms with Gasteiger partial charge in [-0.25, -0.2) is 0 Å². The van der Waals surface area contributed by atoms with E-state index in [0.717, 1.165) is 22.1 Å². The lowest BCUT2D eigenvalue weighted by Crippen LogP contribution is -2.32. The first-order valence-electron chi connectivity index (χ1n) is 11.5. The van der Waals surface area contributed by atoms with Crippen LogP contribution in [0.3, 0.4) is 0 Å². The van der Waals surface area contributed by atoms with Crippen LogP contribution in [0, 0.1) is 12.8 Å². The van der Waals surface area contributed by atoms with Crippen molar-refractivity contribution in [3.63, 3.8) is 0 Å². The average Bonchev–Trinajstić information content (AvgIpc) is 3.02. The summed E-state index contributed by atoms with van der Waals surface area (Å²) in [5.41, 5.74) is 2.19. The van der Waals surface area contributed by atoms with Gasteiger partial charge in [0.15, 0.2) is 0 Å². The van der Waals surface area contributed by atoms with Gasteiger partial charge in [0, 0.05) is 16.6 Å². The number of aliphatic hydroxyl groups is 1. The molecule has 3 rings (SSSR count). The first-order chi connectivity index (χ1) is 16.1. The van der Waals surface area contributed by atoms with Crippen LogP contribution in [-0.2, 0) is 9.59 Å². The molecule has 0 aliphatic carbocycles. The zero-order valence-corrected chi connectivity index (χ0v) is 22.1. The number of aliphatic hydroxyl groups excluding tert-OH is 1. The van der Waals surface area contributed by atoms with Gasteiger partial charge in [0.1, 0.15) is 11.5 Å². The summed E-state index contributed by atoms with van der Waals surface area (Å²) in [5.74, 6) is -0.300. The Morgan fingerprint density at radius 2 is 1.82 bits per heavy atom. The Labute approximate surface area is 210 Å². The number of aryl methyl sites for hydroxylation is 1. The van der Waals surface area contributed by atoms with Crippen molar-refractivity contribution in [3.8, 4) is 5.75 Å². The van der Waals surface area contributed by atoms with Crippen LogP contribution in [0.2, 0.25) is 0 Å². The highest BCUT2D eigenvalue weighted by atomic mass is 79.9. The van der Waals surface area contributed by atoms with E-state index in [0.29, 0.717) is 36.8 Å². The normalized spacial score (nSPS) is 17.8. The summed E-state index contributed by atoms with van der Waals surface area (Å²) >= 11 is 3.44. The minimum absolute atomic E-state index is 0.121. The molecule has 0 saturated carbocycles. The van der Waals surface area contributed by atoms with E-state index in [-0.39, 0.29) is 11.3 Å². The number of halogens is 1. The van der Waals surface area contributed by atoms with Crippen molar-refractivity contribution in [2.45, 2.75) is 33.2 Å². The van der Waals surface area contributed by atoms with Crippen LogP contribution in [0.25, 0.3) is 5.76 Å². The molecule has 1 amide bonds. The number of benzene rings is 2. The summed E-state index contributed by atoms with van der Waals surface area (Å²) in [6.45, 7) is 7.80. The van der Waals surface area contributed by atoms with Crippen molar-refractivity contribution in [2.75, 3.05) is 33.8 Å². The quantitative estimate of drug-likeness (QED) is 0.276. The van der Waals surface area contributed by atoms with Crippen molar-refractivity contribution < 1.29 is 19.4 Å². The lowest BCUT2D eigenvalue weighted by Gasteiger charge is -2.26. The second kappa shape index (κ2) is 11.2. The number of hydrogen-bond acceptors (Lipinski definition) is 5. The van der Waals surface area contributed by atoms with Crippen LogP contribution in [0.1, 0.15) is 43.0 Å². The third kappa shape index (κ3) is 5.88. The van der Waals surface area contributed by atoms with Gasteiger partial charge in [-0.15, -0.1) is 0 Å². The standard InChI is InChI=1S/C27H33BrN2O4/c1-17(2)16-34-21-11-12-22(18(3)15-21)25(31)23-24(19-7-9-20(28)10-8-19)30(27(33)26(23)32)14-6-13-29(4)5/h7-12,15,17,24,31H,6,13-14,16H2,1-5H3/b25-23+/t24-/m1/s1. The second-order valence-electron chi connectivity index (χ2n) is 9.38. The maximum atomic E-state index is 13.2. The van der Waals surface area contributed by atoms with E-state index in [1.54, 1.807) is 17.0 Å². The topological polar surface area (TPSA) is 70.1 Å². The second-order valence-corrected chi connectivity index (χ2v) is 10.3. The van der Waals surface area contributed by atoms with Crippen molar-refractivity contribution >= 4 is 33.4 Å². The number of carbonyl (C=O) groups excluding carboxylic acids is 2. The van der Waals surface area contributed by atoms with Crippen LogP contribution in [-0.4, -0.2) is 60.4 Å². The highest BCUT2D eigenvalue weighted by molar-refractivity contribution is 9.10. The molecule has 1 fully saturated rings. The summed E-state index contributed by atoms with van der Waals surface area (Å²) in [5, 5.41) is 11.3. The van der Waals surface area contributed by atoms with Gasteiger partial charge in [0.2, 0.25) is 0 Å². The van der Waals surface area contributed by atoms with Gasteiger partial charge in [-0.2, -0.15) is 0 Å².